The molecule has 7 nitrogen and oxygen atoms in total. The van der Waals surface area contributed by atoms with Gasteiger partial charge in [-0.15, -0.1) is 0 Å². The van der Waals surface area contributed by atoms with E-state index in [4.69, 9.17) is 9.47 Å². The minimum Gasteiger partial charge on any atom is -0.491 e. The van der Waals surface area contributed by atoms with Crippen LogP contribution in [-0.4, -0.2) is 37.5 Å². The summed E-state index contributed by atoms with van der Waals surface area (Å²) in [6.07, 6.45) is 0.0401. The second-order valence-corrected chi connectivity index (χ2v) is 6.68. The van der Waals surface area contributed by atoms with Gasteiger partial charge in [-0.1, -0.05) is 30.3 Å². The van der Waals surface area contributed by atoms with Crippen molar-refractivity contribution in [2.24, 2.45) is 0 Å². The SMILES string of the molecule is COC(=O)CC(NC(=O)CNC(=O)c1ccc(OC(C)C)cc1)c1ccccc1. The van der Waals surface area contributed by atoms with Crippen LogP contribution in [0.3, 0.4) is 0 Å². The number of carbonyl (C=O) groups excluding carboxylic acids is 3. The normalized spacial score (nSPS) is 11.4. The summed E-state index contributed by atoms with van der Waals surface area (Å²) in [6.45, 7) is 3.62. The number of rotatable bonds is 9. The van der Waals surface area contributed by atoms with Crippen molar-refractivity contribution in [2.75, 3.05) is 13.7 Å². The van der Waals surface area contributed by atoms with Gasteiger partial charge in [0.2, 0.25) is 5.91 Å². The van der Waals surface area contributed by atoms with E-state index >= 15 is 0 Å². The lowest BCUT2D eigenvalue weighted by Gasteiger charge is -2.18. The molecule has 1 unspecified atom stereocenters. The van der Waals surface area contributed by atoms with E-state index in [9.17, 15) is 14.4 Å². The predicted molar refractivity (Wildman–Crippen MR) is 108 cm³/mol. The van der Waals surface area contributed by atoms with E-state index in [1.165, 1.54) is 7.11 Å². The largest absolute Gasteiger partial charge is 0.491 e. The summed E-state index contributed by atoms with van der Waals surface area (Å²) in [7, 11) is 1.30. The lowest BCUT2D eigenvalue weighted by Crippen LogP contribution is -2.39. The van der Waals surface area contributed by atoms with Crippen LogP contribution in [0.1, 0.15) is 42.2 Å². The van der Waals surface area contributed by atoms with E-state index in [1.54, 1.807) is 24.3 Å². The molecule has 2 rings (SSSR count). The van der Waals surface area contributed by atoms with Crippen LogP contribution in [0, 0.1) is 0 Å². The van der Waals surface area contributed by atoms with Crippen LogP contribution >= 0.6 is 0 Å². The Morgan fingerprint density at radius 2 is 1.62 bits per heavy atom. The number of methoxy groups -OCH3 is 1. The van der Waals surface area contributed by atoms with Crippen LogP contribution in [-0.2, 0) is 14.3 Å². The van der Waals surface area contributed by atoms with Gasteiger partial charge < -0.3 is 20.1 Å². The van der Waals surface area contributed by atoms with Gasteiger partial charge in [0.05, 0.1) is 32.2 Å². The third-order valence-electron chi connectivity index (χ3n) is 4.03. The van der Waals surface area contributed by atoms with E-state index in [-0.39, 0.29) is 25.0 Å². The lowest BCUT2D eigenvalue weighted by molar-refractivity contribution is -0.141. The first-order valence-electron chi connectivity index (χ1n) is 9.35. The molecule has 0 spiro atoms. The van der Waals surface area contributed by atoms with Crippen LogP contribution in [0.15, 0.2) is 54.6 Å². The molecule has 0 saturated carbocycles. The highest BCUT2D eigenvalue weighted by Gasteiger charge is 2.19. The molecule has 1 atom stereocenters. The molecule has 29 heavy (non-hydrogen) atoms. The number of benzene rings is 2. The fourth-order valence-electron chi connectivity index (χ4n) is 2.65. The Bertz CT molecular complexity index is 819. The summed E-state index contributed by atoms with van der Waals surface area (Å²) in [6, 6.07) is 15.2. The molecule has 2 N–H and O–H groups in total. The number of hydrogen-bond donors (Lipinski definition) is 2. The molecular weight excluding hydrogens is 372 g/mol. The van der Waals surface area contributed by atoms with E-state index < -0.39 is 17.9 Å². The van der Waals surface area contributed by atoms with Crippen LogP contribution in [0.2, 0.25) is 0 Å². The van der Waals surface area contributed by atoms with Crippen molar-refractivity contribution >= 4 is 17.8 Å². The van der Waals surface area contributed by atoms with Crippen LogP contribution in [0.25, 0.3) is 0 Å². The van der Waals surface area contributed by atoms with Crippen molar-refractivity contribution in [3.05, 3.63) is 65.7 Å². The zero-order valence-corrected chi connectivity index (χ0v) is 16.8. The first-order chi connectivity index (χ1) is 13.9. The van der Waals surface area contributed by atoms with Gasteiger partial charge in [-0.2, -0.15) is 0 Å². The fraction of sp³-hybridized carbons (Fsp3) is 0.318. The van der Waals surface area contributed by atoms with Crippen molar-refractivity contribution < 1.29 is 23.9 Å². The molecule has 7 heteroatoms. The molecule has 2 amide bonds. The summed E-state index contributed by atoms with van der Waals surface area (Å²) in [4.78, 5) is 36.2. The fourth-order valence-corrected chi connectivity index (χ4v) is 2.65. The number of hydrogen-bond acceptors (Lipinski definition) is 5. The van der Waals surface area contributed by atoms with Crippen LogP contribution in [0.4, 0.5) is 0 Å². The number of esters is 1. The Labute approximate surface area is 170 Å². The van der Waals surface area contributed by atoms with Crippen LogP contribution in [0.5, 0.6) is 5.75 Å². The number of nitrogens with one attached hydrogen (secondary N) is 2. The quantitative estimate of drug-likeness (QED) is 0.634. The second-order valence-electron chi connectivity index (χ2n) is 6.68. The zero-order chi connectivity index (χ0) is 21.2. The Morgan fingerprint density at radius 3 is 2.21 bits per heavy atom. The maximum Gasteiger partial charge on any atom is 0.307 e. The molecule has 0 aromatic heterocycles. The molecule has 2 aromatic rings. The maximum atomic E-state index is 12.3. The van der Waals surface area contributed by atoms with Crippen LogP contribution < -0.4 is 15.4 Å². The van der Waals surface area contributed by atoms with Gasteiger partial charge >= 0.3 is 5.97 Å². The van der Waals surface area contributed by atoms with E-state index in [2.05, 4.69) is 10.6 Å². The van der Waals surface area contributed by atoms with Gasteiger partial charge in [-0.3, -0.25) is 14.4 Å². The third kappa shape index (κ3) is 7.29. The molecule has 0 aliphatic carbocycles. The first kappa shape index (κ1) is 21.9. The topological polar surface area (TPSA) is 93.7 Å². The highest BCUT2D eigenvalue weighted by molar-refractivity contribution is 5.96. The molecular formula is C22H26N2O5. The Kier molecular flexibility index (Phi) is 8.21. The minimum absolute atomic E-state index is 0.00247. The summed E-state index contributed by atoms with van der Waals surface area (Å²) in [5.74, 6) is -0.550. The van der Waals surface area contributed by atoms with Crippen molar-refractivity contribution in [1.82, 2.24) is 10.6 Å². The zero-order valence-electron chi connectivity index (χ0n) is 16.8. The van der Waals surface area contributed by atoms with E-state index in [0.29, 0.717) is 11.3 Å². The van der Waals surface area contributed by atoms with E-state index in [1.807, 2.05) is 44.2 Å². The molecule has 0 radical (unpaired) electrons. The van der Waals surface area contributed by atoms with Gasteiger partial charge in [0, 0.05) is 5.56 Å². The molecule has 0 aliphatic rings. The van der Waals surface area contributed by atoms with Crippen molar-refractivity contribution in [2.45, 2.75) is 32.4 Å². The van der Waals surface area contributed by atoms with Gasteiger partial charge in [0.1, 0.15) is 5.75 Å². The van der Waals surface area contributed by atoms with E-state index in [0.717, 1.165) is 5.56 Å². The van der Waals surface area contributed by atoms with Gasteiger partial charge in [0.25, 0.3) is 5.91 Å². The number of amides is 2. The second kappa shape index (κ2) is 10.8. The highest BCUT2D eigenvalue weighted by Crippen LogP contribution is 2.17. The summed E-state index contributed by atoms with van der Waals surface area (Å²) < 4.78 is 10.2. The Morgan fingerprint density at radius 1 is 0.966 bits per heavy atom. The van der Waals surface area contributed by atoms with Gasteiger partial charge in [-0.25, -0.2) is 0 Å². The number of ether oxygens (including phenoxy) is 2. The molecule has 0 aliphatic heterocycles. The molecule has 0 bridgehead atoms. The standard InChI is InChI=1S/C22H26N2O5/c1-15(2)29-18-11-9-17(10-12-18)22(27)23-14-20(25)24-19(13-21(26)28-3)16-7-5-4-6-8-16/h4-12,15,19H,13-14H2,1-3H3,(H,23,27)(H,24,25). The highest BCUT2D eigenvalue weighted by atomic mass is 16.5. The number of carbonyl (C=O) groups is 3. The summed E-state index contributed by atoms with van der Waals surface area (Å²) >= 11 is 0. The summed E-state index contributed by atoms with van der Waals surface area (Å²) in [5, 5.41) is 5.34. The molecule has 154 valence electrons. The first-order valence-corrected chi connectivity index (χ1v) is 9.35. The van der Waals surface area contributed by atoms with Crippen molar-refractivity contribution in [1.29, 1.82) is 0 Å². The van der Waals surface area contributed by atoms with Crippen molar-refractivity contribution in [3.63, 3.8) is 0 Å². The average molecular weight is 398 g/mol. The predicted octanol–water partition coefficient (Wildman–Crippen LogP) is 2.62. The minimum atomic E-state index is -0.541. The maximum absolute atomic E-state index is 12.3. The smallest absolute Gasteiger partial charge is 0.307 e. The Hall–Kier alpha value is -3.35. The molecule has 0 heterocycles. The monoisotopic (exact) mass is 398 g/mol. The average Bonchev–Trinajstić information content (AvgIpc) is 2.72. The lowest BCUT2D eigenvalue weighted by atomic mass is 10.0. The molecule has 0 fully saturated rings. The summed E-state index contributed by atoms with van der Waals surface area (Å²) in [5.41, 5.74) is 1.20. The molecule has 0 saturated heterocycles. The van der Waals surface area contributed by atoms with Gasteiger partial charge in [0.15, 0.2) is 0 Å². The molecule has 2 aromatic carbocycles. The Balaban J connectivity index is 1.92. The van der Waals surface area contributed by atoms with Gasteiger partial charge in [-0.05, 0) is 43.7 Å². The van der Waals surface area contributed by atoms with Crippen molar-refractivity contribution in [3.8, 4) is 5.75 Å². The third-order valence-corrected chi connectivity index (χ3v) is 4.03.